The SMILES string of the molecule is Cc1nc2ccccc2cc1OCc1c(Cl)ccc(OCCNC(=O)CCc2ccccc2)c1Cl. The van der Waals surface area contributed by atoms with Gasteiger partial charge in [-0.15, -0.1) is 0 Å². The minimum Gasteiger partial charge on any atom is -0.490 e. The summed E-state index contributed by atoms with van der Waals surface area (Å²) in [5.74, 6) is 1.13. The number of aryl methyl sites for hydroxylation is 2. The zero-order valence-electron chi connectivity index (χ0n) is 19.4. The van der Waals surface area contributed by atoms with Crippen molar-refractivity contribution in [3.8, 4) is 11.5 Å². The first kappa shape index (κ1) is 24.8. The highest BCUT2D eigenvalue weighted by Gasteiger charge is 2.14. The Labute approximate surface area is 215 Å². The lowest BCUT2D eigenvalue weighted by molar-refractivity contribution is -0.121. The first-order valence-corrected chi connectivity index (χ1v) is 12.2. The highest BCUT2D eigenvalue weighted by molar-refractivity contribution is 6.36. The minimum absolute atomic E-state index is 0.0203. The standard InChI is InChI=1S/C28H26Cl2N2O3/c1-19-26(17-21-9-5-6-10-24(21)32-19)35-18-22-23(29)12-13-25(28(22)30)34-16-15-31-27(33)14-11-20-7-3-2-4-8-20/h2-10,12-13,17H,11,14-16,18H2,1H3,(H,31,33). The number of carbonyl (C=O) groups is 1. The molecule has 0 aliphatic heterocycles. The fourth-order valence-electron chi connectivity index (χ4n) is 3.65. The van der Waals surface area contributed by atoms with E-state index in [1.807, 2.05) is 67.6 Å². The first-order chi connectivity index (χ1) is 17.0. The van der Waals surface area contributed by atoms with Gasteiger partial charge in [0.2, 0.25) is 5.91 Å². The number of para-hydroxylation sites is 1. The minimum atomic E-state index is -0.0203. The molecule has 180 valence electrons. The molecule has 4 rings (SSSR count). The van der Waals surface area contributed by atoms with Crippen LogP contribution in [0.15, 0.2) is 72.8 Å². The highest BCUT2D eigenvalue weighted by atomic mass is 35.5. The molecule has 0 unspecified atom stereocenters. The van der Waals surface area contributed by atoms with Crippen molar-refractivity contribution in [1.29, 1.82) is 0 Å². The van der Waals surface area contributed by atoms with Crippen LogP contribution in [-0.2, 0) is 17.8 Å². The third-order valence-electron chi connectivity index (χ3n) is 5.56. The van der Waals surface area contributed by atoms with Crippen LogP contribution in [0.4, 0.5) is 0 Å². The Kier molecular flexibility index (Phi) is 8.45. The van der Waals surface area contributed by atoms with Crippen LogP contribution in [0.1, 0.15) is 23.2 Å². The molecule has 4 aromatic rings. The predicted octanol–water partition coefficient (Wildman–Crippen LogP) is 6.56. The number of rotatable bonds is 10. The molecule has 0 bridgehead atoms. The quantitative estimate of drug-likeness (QED) is 0.246. The van der Waals surface area contributed by atoms with E-state index in [1.165, 1.54) is 0 Å². The Balaban J connectivity index is 1.30. The molecular formula is C28H26Cl2N2O3. The second kappa shape index (κ2) is 11.9. The number of hydrogen-bond acceptors (Lipinski definition) is 4. The lowest BCUT2D eigenvalue weighted by atomic mass is 10.1. The summed E-state index contributed by atoms with van der Waals surface area (Å²) in [6, 6.07) is 23.2. The zero-order chi connectivity index (χ0) is 24.6. The molecule has 0 aliphatic carbocycles. The number of hydrogen-bond donors (Lipinski definition) is 1. The van der Waals surface area contributed by atoms with Gasteiger partial charge in [-0.2, -0.15) is 0 Å². The van der Waals surface area contributed by atoms with Crippen LogP contribution >= 0.6 is 23.2 Å². The lowest BCUT2D eigenvalue weighted by Gasteiger charge is -2.15. The zero-order valence-corrected chi connectivity index (χ0v) is 20.9. The van der Waals surface area contributed by atoms with Gasteiger partial charge >= 0.3 is 0 Å². The molecule has 1 N–H and O–H groups in total. The second-order valence-corrected chi connectivity index (χ2v) is 8.86. The number of fused-ring (bicyclic) bond motifs is 1. The molecule has 7 heteroatoms. The third-order valence-corrected chi connectivity index (χ3v) is 6.32. The number of carbonyl (C=O) groups excluding carboxylic acids is 1. The van der Waals surface area contributed by atoms with E-state index in [2.05, 4.69) is 10.3 Å². The largest absolute Gasteiger partial charge is 0.490 e. The van der Waals surface area contributed by atoms with E-state index < -0.39 is 0 Å². The maximum atomic E-state index is 12.1. The van der Waals surface area contributed by atoms with E-state index in [0.717, 1.165) is 22.2 Å². The van der Waals surface area contributed by atoms with Gasteiger partial charge in [-0.25, -0.2) is 4.98 Å². The Morgan fingerprint density at radius 1 is 0.943 bits per heavy atom. The summed E-state index contributed by atoms with van der Waals surface area (Å²) in [6.07, 6.45) is 1.13. The molecule has 0 saturated heterocycles. The lowest BCUT2D eigenvalue weighted by Crippen LogP contribution is -2.28. The van der Waals surface area contributed by atoms with Crippen molar-refractivity contribution in [2.75, 3.05) is 13.2 Å². The van der Waals surface area contributed by atoms with Gasteiger partial charge in [-0.05, 0) is 43.2 Å². The third kappa shape index (κ3) is 6.65. The van der Waals surface area contributed by atoms with Crippen LogP contribution in [0.25, 0.3) is 10.9 Å². The monoisotopic (exact) mass is 508 g/mol. The van der Waals surface area contributed by atoms with E-state index in [9.17, 15) is 4.79 Å². The molecule has 5 nitrogen and oxygen atoms in total. The fraction of sp³-hybridized carbons (Fsp3) is 0.214. The maximum Gasteiger partial charge on any atom is 0.220 e. The number of halogens is 2. The topological polar surface area (TPSA) is 60.5 Å². The van der Waals surface area contributed by atoms with Crippen molar-refractivity contribution >= 4 is 40.0 Å². The average molecular weight is 509 g/mol. The molecule has 0 saturated carbocycles. The molecule has 0 spiro atoms. The van der Waals surface area contributed by atoms with Crippen molar-refractivity contribution in [3.05, 3.63) is 99.7 Å². The summed E-state index contributed by atoms with van der Waals surface area (Å²) >= 11 is 13.0. The van der Waals surface area contributed by atoms with Gasteiger partial charge in [0.15, 0.2) is 0 Å². The maximum absolute atomic E-state index is 12.1. The van der Waals surface area contributed by atoms with E-state index in [0.29, 0.717) is 46.5 Å². The molecule has 0 radical (unpaired) electrons. The van der Waals surface area contributed by atoms with Gasteiger partial charge in [-0.3, -0.25) is 4.79 Å². The summed E-state index contributed by atoms with van der Waals surface area (Å²) in [6.45, 7) is 2.73. The molecule has 1 aromatic heterocycles. The van der Waals surface area contributed by atoms with Gasteiger partial charge in [0, 0.05) is 22.4 Å². The van der Waals surface area contributed by atoms with Gasteiger partial charge in [0.1, 0.15) is 24.7 Å². The van der Waals surface area contributed by atoms with Crippen LogP contribution in [0.5, 0.6) is 11.5 Å². The molecule has 0 atom stereocenters. The normalized spacial score (nSPS) is 10.8. The summed E-state index contributed by atoms with van der Waals surface area (Å²) in [5.41, 5.74) is 3.46. The molecule has 0 fully saturated rings. The summed E-state index contributed by atoms with van der Waals surface area (Å²) in [7, 11) is 0. The Morgan fingerprint density at radius 3 is 2.54 bits per heavy atom. The molecule has 1 heterocycles. The van der Waals surface area contributed by atoms with Gasteiger partial charge in [0.05, 0.1) is 22.8 Å². The highest BCUT2D eigenvalue weighted by Crippen LogP contribution is 2.34. The number of ether oxygens (including phenoxy) is 2. The van der Waals surface area contributed by atoms with Gasteiger partial charge in [-0.1, -0.05) is 71.7 Å². The van der Waals surface area contributed by atoms with E-state index in [1.54, 1.807) is 12.1 Å². The predicted molar refractivity (Wildman–Crippen MR) is 141 cm³/mol. The average Bonchev–Trinajstić information content (AvgIpc) is 2.87. The Hall–Kier alpha value is -3.28. The molecular weight excluding hydrogens is 483 g/mol. The molecule has 3 aromatic carbocycles. The van der Waals surface area contributed by atoms with Crippen LogP contribution in [0.2, 0.25) is 10.0 Å². The molecule has 35 heavy (non-hydrogen) atoms. The Morgan fingerprint density at radius 2 is 1.71 bits per heavy atom. The second-order valence-electron chi connectivity index (χ2n) is 8.08. The van der Waals surface area contributed by atoms with Crippen LogP contribution in [0.3, 0.4) is 0 Å². The van der Waals surface area contributed by atoms with Crippen molar-refractivity contribution in [3.63, 3.8) is 0 Å². The molecule has 0 aliphatic rings. The number of benzene rings is 3. The van der Waals surface area contributed by atoms with E-state index in [4.69, 9.17) is 32.7 Å². The fourth-order valence-corrected chi connectivity index (χ4v) is 4.19. The molecule has 1 amide bonds. The number of amides is 1. The number of aromatic nitrogens is 1. The first-order valence-electron chi connectivity index (χ1n) is 11.4. The van der Waals surface area contributed by atoms with Gasteiger partial charge in [0.25, 0.3) is 0 Å². The summed E-state index contributed by atoms with van der Waals surface area (Å²) < 4.78 is 11.8. The number of nitrogens with zero attached hydrogens (tertiary/aromatic N) is 1. The summed E-state index contributed by atoms with van der Waals surface area (Å²) in [5, 5.41) is 4.74. The van der Waals surface area contributed by atoms with E-state index >= 15 is 0 Å². The van der Waals surface area contributed by atoms with Crippen LogP contribution < -0.4 is 14.8 Å². The Bertz CT molecular complexity index is 1310. The number of pyridine rings is 1. The van der Waals surface area contributed by atoms with Crippen molar-refractivity contribution in [1.82, 2.24) is 10.3 Å². The van der Waals surface area contributed by atoms with Gasteiger partial charge < -0.3 is 14.8 Å². The van der Waals surface area contributed by atoms with Crippen molar-refractivity contribution in [2.45, 2.75) is 26.4 Å². The van der Waals surface area contributed by atoms with Crippen LogP contribution in [0, 0.1) is 6.92 Å². The van der Waals surface area contributed by atoms with Crippen molar-refractivity contribution < 1.29 is 14.3 Å². The summed E-state index contributed by atoms with van der Waals surface area (Å²) in [4.78, 5) is 16.7. The van der Waals surface area contributed by atoms with E-state index in [-0.39, 0.29) is 19.1 Å². The number of nitrogens with one attached hydrogen (secondary N) is 1. The smallest absolute Gasteiger partial charge is 0.220 e. The van der Waals surface area contributed by atoms with Crippen LogP contribution in [-0.4, -0.2) is 24.0 Å². The van der Waals surface area contributed by atoms with Crippen molar-refractivity contribution in [2.24, 2.45) is 0 Å².